The lowest BCUT2D eigenvalue weighted by Crippen LogP contribution is -2.32. The van der Waals surface area contributed by atoms with Gasteiger partial charge < -0.3 is 19.9 Å². The number of ether oxygens (including phenoxy) is 1. The summed E-state index contributed by atoms with van der Waals surface area (Å²) in [6.07, 6.45) is 0.311. The number of anilines is 1. The molecule has 1 aliphatic rings. The highest BCUT2D eigenvalue weighted by molar-refractivity contribution is 5.99. The first kappa shape index (κ1) is 19.8. The molecular weight excluding hydrogens is 383 g/mol. The Kier molecular flexibility index (Phi) is 5.32. The average Bonchev–Trinajstić information content (AvgIpc) is 3.34. The zero-order valence-electron chi connectivity index (χ0n) is 17.0. The Bertz CT molecular complexity index is 1130. The standard InChI is InChI=1S/C23H23FN4O2/c1-14-15(2)26-21-17(11-25)10-19(24)22(20(14)21)27-18-8-9-28(12-18)23(29)30-13-16-6-4-3-5-7-16/h3-7,10,18,26-27H,8-9,12-13H2,1-2H3/t18-/m0/s1. The molecule has 1 atom stereocenters. The smallest absolute Gasteiger partial charge is 0.410 e. The number of amides is 1. The summed E-state index contributed by atoms with van der Waals surface area (Å²) in [5.74, 6) is -0.466. The first-order chi connectivity index (χ1) is 14.5. The van der Waals surface area contributed by atoms with Crippen LogP contribution in [0.15, 0.2) is 36.4 Å². The minimum absolute atomic E-state index is 0.102. The second-order valence-electron chi connectivity index (χ2n) is 7.63. The molecule has 7 heteroatoms. The number of hydrogen-bond donors (Lipinski definition) is 2. The van der Waals surface area contributed by atoms with E-state index in [1.165, 1.54) is 6.07 Å². The number of fused-ring (bicyclic) bond motifs is 1. The van der Waals surface area contributed by atoms with Gasteiger partial charge in [0.05, 0.1) is 16.8 Å². The summed E-state index contributed by atoms with van der Waals surface area (Å²) < 4.78 is 20.2. The summed E-state index contributed by atoms with van der Waals surface area (Å²) in [7, 11) is 0. The van der Waals surface area contributed by atoms with Crippen molar-refractivity contribution in [2.24, 2.45) is 0 Å². The van der Waals surface area contributed by atoms with Crippen molar-refractivity contribution in [2.75, 3.05) is 18.4 Å². The molecule has 3 aromatic rings. The lowest BCUT2D eigenvalue weighted by molar-refractivity contribution is 0.104. The summed E-state index contributed by atoms with van der Waals surface area (Å²) in [5, 5.41) is 13.3. The van der Waals surface area contributed by atoms with E-state index < -0.39 is 5.82 Å². The molecule has 0 aliphatic carbocycles. The topological polar surface area (TPSA) is 81.2 Å². The van der Waals surface area contributed by atoms with Gasteiger partial charge in [0.1, 0.15) is 18.5 Å². The number of halogens is 1. The van der Waals surface area contributed by atoms with E-state index in [9.17, 15) is 14.4 Å². The summed E-state index contributed by atoms with van der Waals surface area (Å²) in [5.41, 5.74) is 4.01. The molecule has 4 rings (SSSR count). The van der Waals surface area contributed by atoms with Gasteiger partial charge in [-0.25, -0.2) is 9.18 Å². The average molecular weight is 406 g/mol. The van der Waals surface area contributed by atoms with E-state index in [0.29, 0.717) is 36.1 Å². The van der Waals surface area contributed by atoms with Crippen molar-refractivity contribution in [3.8, 4) is 6.07 Å². The Morgan fingerprint density at radius 1 is 1.37 bits per heavy atom. The van der Waals surface area contributed by atoms with Crippen LogP contribution >= 0.6 is 0 Å². The number of likely N-dealkylation sites (tertiary alicyclic amines) is 1. The molecule has 2 heterocycles. The number of carbonyl (C=O) groups is 1. The van der Waals surface area contributed by atoms with Crippen LogP contribution in [0, 0.1) is 31.0 Å². The van der Waals surface area contributed by atoms with E-state index in [1.54, 1.807) is 4.90 Å². The third kappa shape index (κ3) is 3.69. The molecule has 2 N–H and O–H groups in total. The maximum absolute atomic E-state index is 14.8. The van der Waals surface area contributed by atoms with E-state index in [-0.39, 0.29) is 24.3 Å². The van der Waals surface area contributed by atoms with Crippen molar-refractivity contribution in [3.63, 3.8) is 0 Å². The predicted octanol–water partition coefficient (Wildman–Crippen LogP) is 4.62. The highest BCUT2D eigenvalue weighted by Crippen LogP contribution is 2.34. The van der Waals surface area contributed by atoms with Gasteiger partial charge in [-0.05, 0) is 37.5 Å². The Balaban J connectivity index is 1.47. The van der Waals surface area contributed by atoms with Gasteiger partial charge in [0.25, 0.3) is 0 Å². The third-order valence-corrected chi connectivity index (χ3v) is 5.65. The van der Waals surface area contributed by atoms with Gasteiger partial charge in [-0.1, -0.05) is 30.3 Å². The molecule has 2 aromatic carbocycles. The van der Waals surface area contributed by atoms with E-state index in [2.05, 4.69) is 16.4 Å². The van der Waals surface area contributed by atoms with Gasteiger partial charge in [0.2, 0.25) is 0 Å². The van der Waals surface area contributed by atoms with Gasteiger partial charge in [-0.2, -0.15) is 5.26 Å². The molecule has 1 saturated heterocycles. The number of aryl methyl sites for hydroxylation is 2. The zero-order valence-corrected chi connectivity index (χ0v) is 17.0. The predicted molar refractivity (Wildman–Crippen MR) is 113 cm³/mol. The number of carbonyl (C=O) groups excluding carboxylic acids is 1. The SMILES string of the molecule is Cc1[nH]c2c(C#N)cc(F)c(N[C@H]3CCN(C(=O)OCc4ccccc4)C3)c2c1C. The monoisotopic (exact) mass is 406 g/mol. The summed E-state index contributed by atoms with van der Waals surface area (Å²) in [6.45, 7) is 5.00. The molecule has 1 aromatic heterocycles. The molecule has 0 spiro atoms. The maximum Gasteiger partial charge on any atom is 0.410 e. The Morgan fingerprint density at radius 3 is 2.87 bits per heavy atom. The van der Waals surface area contributed by atoms with Gasteiger partial charge in [-0.15, -0.1) is 0 Å². The van der Waals surface area contributed by atoms with E-state index in [4.69, 9.17) is 4.74 Å². The molecule has 1 amide bonds. The van der Waals surface area contributed by atoms with Crippen LogP contribution in [0.5, 0.6) is 0 Å². The molecule has 0 bridgehead atoms. The summed E-state index contributed by atoms with van der Waals surface area (Å²) >= 11 is 0. The van der Waals surface area contributed by atoms with Gasteiger partial charge in [0, 0.05) is 30.2 Å². The van der Waals surface area contributed by atoms with Gasteiger partial charge >= 0.3 is 6.09 Å². The largest absolute Gasteiger partial charge is 0.445 e. The van der Waals surface area contributed by atoms with Gasteiger partial charge in [0.15, 0.2) is 0 Å². The van der Waals surface area contributed by atoms with Crippen molar-refractivity contribution < 1.29 is 13.9 Å². The summed E-state index contributed by atoms with van der Waals surface area (Å²) in [4.78, 5) is 17.2. The fourth-order valence-electron chi connectivity index (χ4n) is 3.91. The fourth-order valence-corrected chi connectivity index (χ4v) is 3.91. The number of aromatic amines is 1. The molecule has 1 fully saturated rings. The van der Waals surface area contributed by atoms with Crippen molar-refractivity contribution in [1.82, 2.24) is 9.88 Å². The number of rotatable bonds is 4. The van der Waals surface area contributed by atoms with E-state index in [1.807, 2.05) is 44.2 Å². The molecule has 30 heavy (non-hydrogen) atoms. The lowest BCUT2D eigenvalue weighted by Gasteiger charge is -2.19. The zero-order chi connectivity index (χ0) is 21.3. The van der Waals surface area contributed by atoms with Crippen LogP contribution in [0.4, 0.5) is 14.9 Å². The van der Waals surface area contributed by atoms with Gasteiger partial charge in [-0.3, -0.25) is 0 Å². The molecule has 0 unspecified atom stereocenters. The van der Waals surface area contributed by atoms with Crippen molar-refractivity contribution in [1.29, 1.82) is 5.26 Å². The minimum atomic E-state index is -0.466. The first-order valence-corrected chi connectivity index (χ1v) is 9.91. The minimum Gasteiger partial charge on any atom is -0.445 e. The highest BCUT2D eigenvalue weighted by Gasteiger charge is 2.29. The molecule has 1 aliphatic heterocycles. The van der Waals surface area contributed by atoms with Crippen LogP contribution in [0.3, 0.4) is 0 Å². The Labute approximate surface area is 174 Å². The number of hydrogen-bond acceptors (Lipinski definition) is 4. The number of aromatic nitrogens is 1. The molecular formula is C23H23FN4O2. The third-order valence-electron chi connectivity index (χ3n) is 5.65. The first-order valence-electron chi connectivity index (χ1n) is 9.91. The molecule has 0 radical (unpaired) electrons. The molecule has 6 nitrogen and oxygen atoms in total. The van der Waals surface area contributed by atoms with Crippen LogP contribution in [0.25, 0.3) is 10.9 Å². The highest BCUT2D eigenvalue weighted by atomic mass is 19.1. The van der Waals surface area contributed by atoms with Crippen molar-refractivity contribution in [2.45, 2.75) is 32.9 Å². The second kappa shape index (κ2) is 8.07. The Morgan fingerprint density at radius 2 is 2.13 bits per heavy atom. The van der Waals surface area contributed by atoms with Crippen LogP contribution in [0.2, 0.25) is 0 Å². The molecule has 0 saturated carbocycles. The normalized spacial score (nSPS) is 15.9. The number of H-pyrrole nitrogens is 1. The number of nitrogens with one attached hydrogen (secondary N) is 2. The number of nitriles is 1. The fraction of sp³-hybridized carbons (Fsp3) is 0.304. The van der Waals surface area contributed by atoms with E-state index in [0.717, 1.165) is 16.8 Å². The van der Waals surface area contributed by atoms with E-state index >= 15 is 0 Å². The van der Waals surface area contributed by atoms with Crippen LogP contribution < -0.4 is 5.32 Å². The van der Waals surface area contributed by atoms with Crippen LogP contribution in [0.1, 0.15) is 28.8 Å². The Hall–Kier alpha value is -3.53. The second-order valence-corrected chi connectivity index (χ2v) is 7.63. The lowest BCUT2D eigenvalue weighted by atomic mass is 10.1. The summed E-state index contributed by atoms with van der Waals surface area (Å²) in [6, 6.07) is 12.7. The molecule has 154 valence electrons. The van der Waals surface area contributed by atoms with Crippen LogP contribution in [-0.4, -0.2) is 35.1 Å². The van der Waals surface area contributed by atoms with Crippen molar-refractivity contribution >= 4 is 22.7 Å². The quantitative estimate of drug-likeness (QED) is 0.663. The van der Waals surface area contributed by atoms with Crippen LogP contribution in [-0.2, 0) is 11.3 Å². The number of nitrogens with zero attached hydrogens (tertiary/aromatic N) is 2. The van der Waals surface area contributed by atoms with Crippen molar-refractivity contribution in [3.05, 3.63) is 64.6 Å². The number of benzene rings is 2. The maximum atomic E-state index is 14.8.